The van der Waals surface area contributed by atoms with Gasteiger partial charge in [0.15, 0.2) is 0 Å². The topological polar surface area (TPSA) is 29.9 Å². The van der Waals surface area contributed by atoms with Crippen LogP contribution in [0.5, 0.6) is 0 Å². The van der Waals surface area contributed by atoms with Crippen LogP contribution >= 0.6 is 11.3 Å². The van der Waals surface area contributed by atoms with Crippen molar-refractivity contribution >= 4 is 16.5 Å². The third kappa shape index (κ3) is 2.45. The van der Waals surface area contributed by atoms with Gasteiger partial charge in [-0.15, -0.1) is 0 Å². The zero-order valence-electron chi connectivity index (χ0n) is 9.42. The number of nitrogens with two attached hydrogens (primary N) is 1. The number of hydrogen-bond acceptors (Lipinski definition) is 2. The molecule has 1 aromatic rings. The fourth-order valence-corrected chi connectivity index (χ4v) is 3.35. The number of hydrogen-bond donors (Lipinski definition) is 1. The van der Waals surface area contributed by atoms with E-state index in [4.69, 9.17) is 5.73 Å². The van der Waals surface area contributed by atoms with E-state index in [2.05, 4.69) is 18.4 Å². The van der Waals surface area contributed by atoms with Gasteiger partial charge in [-0.2, -0.15) is 0 Å². The molecule has 1 aromatic heterocycles. The lowest BCUT2D eigenvalue weighted by Crippen LogP contribution is -3.00. The lowest BCUT2D eigenvalue weighted by Gasteiger charge is -2.20. The van der Waals surface area contributed by atoms with Crippen molar-refractivity contribution in [2.75, 3.05) is 5.73 Å². The highest BCUT2D eigenvalue weighted by atomic mass is 35.5. The fourth-order valence-electron chi connectivity index (χ4n) is 2.41. The van der Waals surface area contributed by atoms with Gasteiger partial charge in [0.2, 0.25) is 0 Å². The highest BCUT2D eigenvalue weighted by molar-refractivity contribution is 7.15. The first-order valence-corrected chi connectivity index (χ1v) is 6.29. The Morgan fingerprint density at radius 1 is 1.20 bits per heavy atom. The number of aromatic nitrogens is 1. The average Bonchev–Trinajstić information content (AvgIpc) is 2.43. The molecule has 2 nitrogen and oxygen atoms in total. The molecule has 86 valence electrons. The summed E-state index contributed by atoms with van der Waals surface area (Å²) in [4.78, 5) is 1.37. The van der Waals surface area contributed by atoms with Gasteiger partial charge in [0.05, 0.1) is 4.88 Å². The molecule has 2 N–H and O–H groups in total. The molecule has 0 unspecified atom stereocenters. The first kappa shape index (κ1) is 12.8. The van der Waals surface area contributed by atoms with Crippen molar-refractivity contribution in [2.45, 2.75) is 52.0 Å². The monoisotopic (exact) mass is 246 g/mol. The molecule has 1 aliphatic rings. The van der Waals surface area contributed by atoms with Crippen molar-refractivity contribution in [2.24, 2.45) is 0 Å². The maximum atomic E-state index is 6.05. The quantitative estimate of drug-likeness (QED) is 0.681. The van der Waals surface area contributed by atoms with Crippen molar-refractivity contribution in [3.8, 4) is 0 Å². The SMILES string of the molecule is Cc1sc(N)[n+](C2CCCCC2)c1C.[Cl-]. The minimum Gasteiger partial charge on any atom is -1.00 e. The van der Waals surface area contributed by atoms with Gasteiger partial charge in [0, 0.05) is 0 Å². The van der Waals surface area contributed by atoms with Gasteiger partial charge in [-0.25, -0.2) is 4.57 Å². The van der Waals surface area contributed by atoms with E-state index in [9.17, 15) is 0 Å². The average molecular weight is 247 g/mol. The number of anilines is 1. The second-order valence-corrected chi connectivity index (χ2v) is 5.48. The normalized spacial score (nSPS) is 17.5. The van der Waals surface area contributed by atoms with Crippen LogP contribution in [0.3, 0.4) is 0 Å². The molecule has 4 heteroatoms. The molecule has 1 saturated carbocycles. The summed E-state index contributed by atoms with van der Waals surface area (Å²) in [6, 6.07) is 0.675. The van der Waals surface area contributed by atoms with Crippen LogP contribution in [0.2, 0.25) is 0 Å². The molecule has 1 heterocycles. The molecule has 15 heavy (non-hydrogen) atoms. The predicted molar refractivity (Wildman–Crippen MR) is 60.5 cm³/mol. The molecule has 0 amide bonds. The van der Waals surface area contributed by atoms with E-state index in [0.29, 0.717) is 6.04 Å². The molecule has 1 aliphatic carbocycles. The first-order chi connectivity index (χ1) is 6.70. The van der Waals surface area contributed by atoms with E-state index < -0.39 is 0 Å². The number of nitrogens with zero attached hydrogens (tertiary/aromatic N) is 1. The van der Waals surface area contributed by atoms with Gasteiger partial charge in [0.25, 0.3) is 0 Å². The van der Waals surface area contributed by atoms with Crippen LogP contribution < -0.4 is 22.7 Å². The Hall–Kier alpha value is -0.280. The van der Waals surface area contributed by atoms with Crippen LogP contribution in [-0.4, -0.2) is 0 Å². The molecule has 0 radical (unpaired) electrons. The fraction of sp³-hybridized carbons (Fsp3) is 0.727. The largest absolute Gasteiger partial charge is 1.00 e. The number of thiazole rings is 1. The summed E-state index contributed by atoms with van der Waals surface area (Å²) >= 11 is 1.73. The number of rotatable bonds is 1. The van der Waals surface area contributed by atoms with Crippen molar-refractivity contribution in [1.29, 1.82) is 0 Å². The molecule has 0 saturated heterocycles. The van der Waals surface area contributed by atoms with E-state index in [1.165, 1.54) is 42.7 Å². The maximum Gasteiger partial charge on any atom is 0.332 e. The van der Waals surface area contributed by atoms with Crippen LogP contribution in [-0.2, 0) is 0 Å². The van der Waals surface area contributed by atoms with Gasteiger partial charge < -0.3 is 12.4 Å². The highest BCUT2D eigenvalue weighted by Crippen LogP contribution is 2.28. The Labute approximate surface area is 102 Å². The van der Waals surface area contributed by atoms with E-state index in [1.54, 1.807) is 11.3 Å². The Kier molecular flexibility index (Phi) is 4.41. The van der Waals surface area contributed by atoms with Crippen molar-refractivity contribution in [1.82, 2.24) is 0 Å². The van der Waals surface area contributed by atoms with Crippen LogP contribution in [0, 0.1) is 13.8 Å². The van der Waals surface area contributed by atoms with Crippen molar-refractivity contribution in [3.05, 3.63) is 10.6 Å². The summed E-state index contributed by atoms with van der Waals surface area (Å²) < 4.78 is 2.36. The van der Waals surface area contributed by atoms with Crippen molar-refractivity contribution in [3.63, 3.8) is 0 Å². The number of aryl methyl sites for hydroxylation is 1. The maximum absolute atomic E-state index is 6.05. The second-order valence-electron chi connectivity index (χ2n) is 4.24. The minimum atomic E-state index is 0. The zero-order valence-corrected chi connectivity index (χ0v) is 11.0. The molecular weight excluding hydrogens is 228 g/mol. The third-order valence-electron chi connectivity index (χ3n) is 3.31. The summed E-state index contributed by atoms with van der Waals surface area (Å²) in [5, 5.41) is 0.993. The molecule has 0 aliphatic heterocycles. The van der Waals surface area contributed by atoms with Crippen LogP contribution in [0.1, 0.15) is 48.7 Å². The summed E-state index contributed by atoms with van der Waals surface area (Å²) in [7, 11) is 0. The van der Waals surface area contributed by atoms with Crippen LogP contribution in [0.15, 0.2) is 0 Å². The molecule has 2 rings (SSSR count). The molecular formula is C11H19ClN2S. The smallest absolute Gasteiger partial charge is 0.332 e. The molecule has 0 atom stereocenters. The molecule has 0 aromatic carbocycles. The predicted octanol–water partition coefficient (Wildman–Crippen LogP) is -0.256. The zero-order chi connectivity index (χ0) is 10.1. The lowest BCUT2D eigenvalue weighted by atomic mass is 9.95. The Morgan fingerprint density at radius 3 is 2.27 bits per heavy atom. The Morgan fingerprint density at radius 2 is 1.80 bits per heavy atom. The van der Waals surface area contributed by atoms with Gasteiger partial charge >= 0.3 is 5.13 Å². The van der Waals surface area contributed by atoms with Gasteiger partial charge in [-0.05, 0) is 39.5 Å². The summed E-state index contributed by atoms with van der Waals surface area (Å²) in [6.07, 6.45) is 6.76. The van der Waals surface area contributed by atoms with E-state index in [0.717, 1.165) is 5.13 Å². The van der Waals surface area contributed by atoms with Gasteiger partial charge in [-0.3, -0.25) is 5.73 Å². The molecule has 0 spiro atoms. The van der Waals surface area contributed by atoms with E-state index in [1.807, 2.05) is 0 Å². The summed E-state index contributed by atoms with van der Waals surface area (Å²) in [6.45, 7) is 4.35. The minimum absolute atomic E-state index is 0. The molecule has 0 bridgehead atoms. The van der Waals surface area contributed by atoms with Crippen LogP contribution in [0.25, 0.3) is 0 Å². The lowest BCUT2D eigenvalue weighted by molar-refractivity contribution is -0.714. The van der Waals surface area contributed by atoms with E-state index in [-0.39, 0.29) is 12.4 Å². The van der Waals surface area contributed by atoms with Crippen molar-refractivity contribution < 1.29 is 17.0 Å². The second kappa shape index (κ2) is 5.17. The third-order valence-corrected chi connectivity index (χ3v) is 4.31. The van der Waals surface area contributed by atoms with Crippen LogP contribution in [0.4, 0.5) is 5.13 Å². The number of halogens is 1. The Balaban J connectivity index is 0.00000112. The summed E-state index contributed by atoms with van der Waals surface area (Å²) in [5.74, 6) is 0. The van der Waals surface area contributed by atoms with Gasteiger partial charge in [-0.1, -0.05) is 17.8 Å². The van der Waals surface area contributed by atoms with Gasteiger partial charge in [0.1, 0.15) is 11.7 Å². The summed E-state index contributed by atoms with van der Waals surface area (Å²) in [5.41, 5.74) is 7.43. The highest BCUT2D eigenvalue weighted by Gasteiger charge is 2.25. The Bertz CT molecular complexity index is 330. The van der Waals surface area contributed by atoms with E-state index >= 15 is 0 Å². The standard InChI is InChI=1S/C11H18N2S.ClH/c1-8-9(2)14-11(12)13(8)10-6-4-3-5-7-10;/h10,12H,3-7H2,1-2H3;1H. The first-order valence-electron chi connectivity index (χ1n) is 5.47. The number of nitrogen functional groups attached to an aromatic ring is 1. The molecule has 1 fully saturated rings.